The van der Waals surface area contributed by atoms with Crippen molar-refractivity contribution in [2.24, 2.45) is 0 Å². The lowest BCUT2D eigenvalue weighted by Gasteiger charge is -2.14. The molecule has 7 nitrogen and oxygen atoms in total. The molecular weight excluding hydrogens is 515 g/mol. The SMILES string of the molecule is COc1cc(/C=C\c2cc(OC)c(OC)c(OC)c2)c(N/C=C\C(=O)c2ccc(C(F)(F)F)cc2)cc1OC. The number of anilines is 1. The molecule has 3 rings (SSSR count). The van der Waals surface area contributed by atoms with Gasteiger partial charge in [0.05, 0.1) is 41.1 Å². The molecule has 0 saturated heterocycles. The number of nitrogens with one attached hydrogen (secondary N) is 1. The molecule has 206 valence electrons. The second-order valence-electron chi connectivity index (χ2n) is 8.00. The molecule has 0 amide bonds. The van der Waals surface area contributed by atoms with Crippen LogP contribution in [0.2, 0.25) is 0 Å². The quantitative estimate of drug-likeness (QED) is 0.163. The molecule has 10 heteroatoms. The van der Waals surface area contributed by atoms with Crippen LogP contribution in [0.15, 0.2) is 60.8 Å². The standard InChI is InChI=1S/C29H28F3NO6/c1-35-24-16-20(7-6-18-14-26(37-3)28(39-5)27(15-18)38-4)22(17-25(24)36-2)33-13-12-23(34)19-8-10-21(11-9-19)29(30,31)32/h6-17,33H,1-5H3/b7-6-,13-12-. The molecule has 3 aromatic rings. The summed E-state index contributed by atoms with van der Waals surface area (Å²) < 4.78 is 65.4. The van der Waals surface area contributed by atoms with Crippen LogP contribution in [0.25, 0.3) is 12.2 Å². The zero-order chi connectivity index (χ0) is 28.6. The summed E-state index contributed by atoms with van der Waals surface area (Å²) in [5.74, 6) is 1.92. The Hall–Kier alpha value is -4.60. The summed E-state index contributed by atoms with van der Waals surface area (Å²) in [6.45, 7) is 0. The molecule has 1 N–H and O–H groups in total. The van der Waals surface area contributed by atoms with Crippen molar-refractivity contribution < 1.29 is 41.7 Å². The number of hydrogen-bond donors (Lipinski definition) is 1. The summed E-state index contributed by atoms with van der Waals surface area (Å²) in [6.07, 6.45) is 1.80. The zero-order valence-corrected chi connectivity index (χ0v) is 22.0. The van der Waals surface area contributed by atoms with Gasteiger partial charge in [-0.3, -0.25) is 4.79 Å². The van der Waals surface area contributed by atoms with Gasteiger partial charge in [-0.2, -0.15) is 13.2 Å². The number of alkyl halides is 3. The highest BCUT2D eigenvalue weighted by molar-refractivity contribution is 6.04. The number of methoxy groups -OCH3 is 5. The third-order valence-electron chi connectivity index (χ3n) is 5.67. The summed E-state index contributed by atoms with van der Waals surface area (Å²) in [4.78, 5) is 12.5. The number of allylic oxidation sites excluding steroid dienone is 1. The van der Waals surface area contributed by atoms with Crippen molar-refractivity contribution in [3.63, 3.8) is 0 Å². The maximum absolute atomic E-state index is 12.8. The van der Waals surface area contributed by atoms with Gasteiger partial charge in [-0.15, -0.1) is 0 Å². The van der Waals surface area contributed by atoms with E-state index in [4.69, 9.17) is 23.7 Å². The number of ether oxygens (including phenoxy) is 5. The third kappa shape index (κ3) is 7.04. The molecule has 0 aliphatic carbocycles. The molecule has 39 heavy (non-hydrogen) atoms. The van der Waals surface area contributed by atoms with Crippen LogP contribution in [0.1, 0.15) is 27.0 Å². The molecule has 0 radical (unpaired) electrons. The van der Waals surface area contributed by atoms with Crippen molar-refractivity contribution >= 4 is 23.6 Å². The van der Waals surface area contributed by atoms with Gasteiger partial charge in [0.15, 0.2) is 28.8 Å². The minimum Gasteiger partial charge on any atom is -0.493 e. The second kappa shape index (κ2) is 12.8. The number of rotatable bonds is 11. The Morgan fingerprint density at radius 3 is 1.82 bits per heavy atom. The van der Waals surface area contributed by atoms with E-state index in [1.165, 1.54) is 47.8 Å². The first-order valence-electron chi connectivity index (χ1n) is 11.5. The summed E-state index contributed by atoms with van der Waals surface area (Å²) in [7, 11) is 7.59. The molecule has 0 aliphatic rings. The number of halogens is 3. The van der Waals surface area contributed by atoms with Gasteiger partial charge in [-0.25, -0.2) is 0 Å². The van der Waals surface area contributed by atoms with Gasteiger partial charge in [0, 0.05) is 35.2 Å². The van der Waals surface area contributed by atoms with E-state index in [2.05, 4.69) is 5.32 Å². The molecule has 0 unspecified atom stereocenters. The molecule has 0 atom stereocenters. The predicted molar refractivity (Wildman–Crippen MR) is 143 cm³/mol. The van der Waals surface area contributed by atoms with Gasteiger partial charge in [0.1, 0.15) is 0 Å². The molecule has 0 aliphatic heterocycles. The first-order chi connectivity index (χ1) is 18.6. The molecule has 0 fully saturated rings. The van der Waals surface area contributed by atoms with E-state index in [9.17, 15) is 18.0 Å². The Morgan fingerprint density at radius 2 is 1.31 bits per heavy atom. The van der Waals surface area contributed by atoms with Gasteiger partial charge in [0.2, 0.25) is 5.75 Å². The van der Waals surface area contributed by atoms with Crippen molar-refractivity contribution in [1.29, 1.82) is 0 Å². The van der Waals surface area contributed by atoms with Crippen LogP contribution in [-0.2, 0) is 6.18 Å². The molecule has 0 saturated carbocycles. The molecular formula is C29H28F3NO6. The van der Waals surface area contributed by atoms with Crippen LogP contribution in [0.5, 0.6) is 28.7 Å². The summed E-state index contributed by atoms with van der Waals surface area (Å²) >= 11 is 0. The fraction of sp³-hybridized carbons (Fsp3) is 0.207. The van der Waals surface area contributed by atoms with Crippen LogP contribution < -0.4 is 29.0 Å². The zero-order valence-electron chi connectivity index (χ0n) is 22.0. The van der Waals surface area contributed by atoms with Gasteiger partial charge in [0.25, 0.3) is 0 Å². The highest BCUT2D eigenvalue weighted by Gasteiger charge is 2.30. The largest absolute Gasteiger partial charge is 0.493 e. The Kier molecular flexibility index (Phi) is 9.48. The average molecular weight is 544 g/mol. The van der Waals surface area contributed by atoms with E-state index in [-0.39, 0.29) is 5.56 Å². The molecule has 0 aromatic heterocycles. The normalized spacial score (nSPS) is 11.5. The Labute approximate surface area is 224 Å². The van der Waals surface area contributed by atoms with E-state index in [0.717, 1.165) is 29.8 Å². The second-order valence-corrected chi connectivity index (χ2v) is 8.00. The molecule has 0 heterocycles. The monoisotopic (exact) mass is 543 g/mol. The van der Waals surface area contributed by atoms with E-state index < -0.39 is 17.5 Å². The van der Waals surface area contributed by atoms with Crippen LogP contribution in [0, 0.1) is 0 Å². The van der Waals surface area contributed by atoms with E-state index in [1.54, 1.807) is 24.3 Å². The minimum atomic E-state index is -4.47. The minimum absolute atomic E-state index is 0.121. The lowest BCUT2D eigenvalue weighted by molar-refractivity contribution is -0.137. The Bertz CT molecular complexity index is 1340. The van der Waals surface area contributed by atoms with Crippen LogP contribution in [0.4, 0.5) is 18.9 Å². The van der Waals surface area contributed by atoms with Crippen molar-refractivity contribution in [3.05, 3.63) is 83.1 Å². The predicted octanol–water partition coefficient (Wildman–Crippen LogP) is 6.73. The van der Waals surface area contributed by atoms with Crippen LogP contribution in [0.3, 0.4) is 0 Å². The lowest BCUT2D eigenvalue weighted by atomic mass is 10.1. The maximum atomic E-state index is 12.8. The lowest BCUT2D eigenvalue weighted by Crippen LogP contribution is -2.05. The van der Waals surface area contributed by atoms with E-state index in [0.29, 0.717) is 40.0 Å². The molecule has 0 bridgehead atoms. The maximum Gasteiger partial charge on any atom is 0.416 e. The first-order valence-corrected chi connectivity index (χ1v) is 11.5. The van der Waals surface area contributed by atoms with Crippen LogP contribution in [-0.4, -0.2) is 41.3 Å². The van der Waals surface area contributed by atoms with Crippen molar-refractivity contribution in [1.82, 2.24) is 0 Å². The number of ketones is 1. The number of hydrogen-bond acceptors (Lipinski definition) is 7. The Morgan fingerprint density at radius 1 is 0.744 bits per heavy atom. The number of carbonyl (C=O) groups excluding carboxylic acids is 1. The van der Waals surface area contributed by atoms with Crippen molar-refractivity contribution in [2.45, 2.75) is 6.18 Å². The fourth-order valence-electron chi connectivity index (χ4n) is 3.67. The number of benzene rings is 3. The van der Waals surface area contributed by atoms with Gasteiger partial charge < -0.3 is 29.0 Å². The molecule has 0 spiro atoms. The van der Waals surface area contributed by atoms with E-state index >= 15 is 0 Å². The van der Waals surface area contributed by atoms with Gasteiger partial charge in [-0.05, 0) is 35.9 Å². The Balaban J connectivity index is 1.90. The molecule has 3 aromatic carbocycles. The van der Waals surface area contributed by atoms with Crippen LogP contribution >= 0.6 is 0 Å². The first kappa shape index (κ1) is 29.0. The topological polar surface area (TPSA) is 75.3 Å². The number of carbonyl (C=O) groups is 1. The fourth-order valence-corrected chi connectivity index (χ4v) is 3.67. The van der Waals surface area contributed by atoms with Crippen molar-refractivity contribution in [3.8, 4) is 28.7 Å². The smallest absolute Gasteiger partial charge is 0.416 e. The highest BCUT2D eigenvalue weighted by Crippen LogP contribution is 2.39. The summed E-state index contributed by atoms with van der Waals surface area (Å²) in [5, 5.41) is 3.04. The summed E-state index contributed by atoms with van der Waals surface area (Å²) in [6, 6.07) is 11.0. The summed E-state index contributed by atoms with van der Waals surface area (Å²) in [5.41, 5.74) is 1.32. The third-order valence-corrected chi connectivity index (χ3v) is 5.67. The average Bonchev–Trinajstić information content (AvgIpc) is 2.94. The van der Waals surface area contributed by atoms with E-state index in [1.807, 2.05) is 12.2 Å². The van der Waals surface area contributed by atoms with Gasteiger partial charge >= 0.3 is 6.18 Å². The highest BCUT2D eigenvalue weighted by atomic mass is 19.4. The van der Waals surface area contributed by atoms with Crippen molar-refractivity contribution in [2.75, 3.05) is 40.9 Å². The van der Waals surface area contributed by atoms with Gasteiger partial charge in [-0.1, -0.05) is 24.3 Å².